The third-order valence-electron chi connectivity index (χ3n) is 2.49. The fourth-order valence-electron chi connectivity index (χ4n) is 1.69. The number of hydrogen-bond acceptors (Lipinski definition) is 2. The number of hydrogen-bond donors (Lipinski definition) is 0. The molecule has 0 N–H and O–H groups in total. The van der Waals surface area contributed by atoms with E-state index in [1.54, 1.807) is 30.3 Å². The summed E-state index contributed by atoms with van der Waals surface area (Å²) >= 11 is 0. The van der Waals surface area contributed by atoms with Crippen LogP contribution in [0, 0.1) is 5.82 Å². The third kappa shape index (κ3) is 2.74. The van der Waals surface area contributed by atoms with Gasteiger partial charge in [-0.3, -0.25) is 4.79 Å². The highest BCUT2D eigenvalue weighted by molar-refractivity contribution is 6.09. The van der Waals surface area contributed by atoms with Crippen molar-refractivity contribution in [3.05, 3.63) is 65.5 Å². The predicted octanol–water partition coefficient (Wildman–Crippen LogP) is 3.46. The van der Waals surface area contributed by atoms with Gasteiger partial charge < -0.3 is 4.74 Å². The van der Waals surface area contributed by atoms with E-state index in [1.165, 1.54) is 18.2 Å². The van der Waals surface area contributed by atoms with Crippen molar-refractivity contribution in [2.45, 2.75) is 6.92 Å². The van der Waals surface area contributed by atoms with Crippen molar-refractivity contribution in [3.63, 3.8) is 0 Å². The highest BCUT2D eigenvalue weighted by Crippen LogP contribution is 2.17. The maximum atomic E-state index is 13.1. The van der Waals surface area contributed by atoms with Gasteiger partial charge in [-0.25, -0.2) is 4.39 Å². The number of halogens is 1. The molecule has 0 aliphatic carbocycles. The Hall–Kier alpha value is -2.16. The summed E-state index contributed by atoms with van der Waals surface area (Å²) in [6.45, 7) is 2.42. The van der Waals surface area contributed by atoms with Crippen LogP contribution in [0.25, 0.3) is 0 Å². The highest BCUT2D eigenvalue weighted by Gasteiger charge is 2.10. The summed E-state index contributed by atoms with van der Waals surface area (Å²) in [5.74, 6) is 0.0117. The van der Waals surface area contributed by atoms with Crippen LogP contribution in [0.2, 0.25) is 0 Å². The van der Waals surface area contributed by atoms with Crippen molar-refractivity contribution in [2.24, 2.45) is 0 Å². The SMILES string of the molecule is CCOc1cccc(C(=O)c2cccc(F)c2)c1. The molecule has 0 spiro atoms. The molecule has 0 amide bonds. The van der Waals surface area contributed by atoms with Crippen molar-refractivity contribution in [3.8, 4) is 5.75 Å². The van der Waals surface area contributed by atoms with Crippen LogP contribution in [0.5, 0.6) is 5.75 Å². The minimum absolute atomic E-state index is 0.212. The van der Waals surface area contributed by atoms with Gasteiger partial charge in [-0.1, -0.05) is 24.3 Å². The van der Waals surface area contributed by atoms with Crippen LogP contribution in [0.3, 0.4) is 0 Å². The molecule has 18 heavy (non-hydrogen) atoms. The van der Waals surface area contributed by atoms with Crippen molar-refractivity contribution in [2.75, 3.05) is 6.61 Å². The summed E-state index contributed by atoms with van der Waals surface area (Å²) in [6, 6.07) is 12.5. The van der Waals surface area contributed by atoms with Gasteiger partial charge in [0.05, 0.1) is 6.61 Å². The Labute approximate surface area is 105 Å². The highest BCUT2D eigenvalue weighted by atomic mass is 19.1. The quantitative estimate of drug-likeness (QED) is 0.770. The zero-order valence-corrected chi connectivity index (χ0v) is 10.0. The Morgan fingerprint density at radius 1 is 1.11 bits per heavy atom. The Bertz CT molecular complexity index is 564. The first-order valence-electron chi connectivity index (χ1n) is 5.74. The molecule has 3 heteroatoms. The molecule has 0 fully saturated rings. The van der Waals surface area contributed by atoms with E-state index >= 15 is 0 Å². The van der Waals surface area contributed by atoms with Crippen LogP contribution in [0.15, 0.2) is 48.5 Å². The molecular formula is C15H13FO2. The molecule has 0 saturated heterocycles. The first-order valence-corrected chi connectivity index (χ1v) is 5.74. The second-order valence-corrected chi connectivity index (χ2v) is 3.80. The molecule has 0 heterocycles. The maximum absolute atomic E-state index is 13.1. The van der Waals surface area contributed by atoms with Gasteiger partial charge in [-0.15, -0.1) is 0 Å². The number of rotatable bonds is 4. The predicted molar refractivity (Wildman–Crippen MR) is 67.4 cm³/mol. The Morgan fingerprint density at radius 2 is 1.78 bits per heavy atom. The van der Waals surface area contributed by atoms with E-state index in [-0.39, 0.29) is 5.78 Å². The Kier molecular flexibility index (Phi) is 3.72. The molecule has 2 aromatic carbocycles. The second-order valence-electron chi connectivity index (χ2n) is 3.80. The lowest BCUT2D eigenvalue weighted by molar-refractivity contribution is 0.103. The number of carbonyl (C=O) groups is 1. The van der Waals surface area contributed by atoms with E-state index in [0.717, 1.165) is 0 Å². The molecule has 0 aromatic heterocycles. The van der Waals surface area contributed by atoms with Crippen LogP contribution >= 0.6 is 0 Å². The van der Waals surface area contributed by atoms with Gasteiger partial charge in [0.25, 0.3) is 0 Å². The topological polar surface area (TPSA) is 26.3 Å². The van der Waals surface area contributed by atoms with Gasteiger partial charge in [0.15, 0.2) is 5.78 Å². The Balaban J connectivity index is 2.31. The van der Waals surface area contributed by atoms with Crippen LogP contribution in [0.4, 0.5) is 4.39 Å². The number of ketones is 1. The lowest BCUT2D eigenvalue weighted by Gasteiger charge is -2.05. The van der Waals surface area contributed by atoms with E-state index in [9.17, 15) is 9.18 Å². The van der Waals surface area contributed by atoms with E-state index in [1.807, 2.05) is 6.92 Å². The number of carbonyl (C=O) groups excluding carboxylic acids is 1. The van der Waals surface area contributed by atoms with Crippen LogP contribution in [-0.4, -0.2) is 12.4 Å². The minimum Gasteiger partial charge on any atom is -0.494 e. The van der Waals surface area contributed by atoms with Gasteiger partial charge >= 0.3 is 0 Å². The van der Waals surface area contributed by atoms with Crippen molar-refractivity contribution in [1.82, 2.24) is 0 Å². The molecule has 2 nitrogen and oxygen atoms in total. The molecule has 0 atom stereocenters. The zero-order chi connectivity index (χ0) is 13.0. The molecule has 0 bridgehead atoms. The monoisotopic (exact) mass is 244 g/mol. The maximum Gasteiger partial charge on any atom is 0.193 e. The average molecular weight is 244 g/mol. The van der Waals surface area contributed by atoms with E-state index in [0.29, 0.717) is 23.5 Å². The van der Waals surface area contributed by atoms with Crippen molar-refractivity contribution < 1.29 is 13.9 Å². The van der Waals surface area contributed by atoms with E-state index < -0.39 is 5.82 Å². The lowest BCUT2D eigenvalue weighted by Crippen LogP contribution is -2.02. The van der Waals surface area contributed by atoms with Gasteiger partial charge in [-0.05, 0) is 31.2 Å². The van der Waals surface area contributed by atoms with Gasteiger partial charge in [0.2, 0.25) is 0 Å². The molecule has 0 aliphatic rings. The van der Waals surface area contributed by atoms with E-state index in [4.69, 9.17) is 4.74 Å². The first-order chi connectivity index (χ1) is 8.70. The molecular weight excluding hydrogens is 231 g/mol. The summed E-state index contributed by atoms with van der Waals surface area (Å²) < 4.78 is 18.4. The van der Waals surface area contributed by atoms with Gasteiger partial charge in [0.1, 0.15) is 11.6 Å². The lowest BCUT2D eigenvalue weighted by atomic mass is 10.0. The van der Waals surface area contributed by atoms with Crippen LogP contribution in [-0.2, 0) is 0 Å². The second kappa shape index (κ2) is 5.45. The number of benzene rings is 2. The minimum atomic E-state index is -0.415. The fraction of sp³-hybridized carbons (Fsp3) is 0.133. The Morgan fingerprint density at radius 3 is 2.44 bits per heavy atom. The average Bonchev–Trinajstić information content (AvgIpc) is 2.39. The van der Waals surface area contributed by atoms with Crippen LogP contribution < -0.4 is 4.74 Å². The van der Waals surface area contributed by atoms with Crippen molar-refractivity contribution in [1.29, 1.82) is 0 Å². The summed E-state index contributed by atoms with van der Waals surface area (Å²) in [7, 11) is 0. The van der Waals surface area contributed by atoms with Gasteiger partial charge in [0, 0.05) is 11.1 Å². The first kappa shape index (κ1) is 12.3. The molecule has 0 unspecified atom stereocenters. The zero-order valence-electron chi connectivity index (χ0n) is 10.0. The molecule has 2 aromatic rings. The summed E-state index contributed by atoms with van der Waals surface area (Å²) in [5.41, 5.74) is 0.829. The van der Waals surface area contributed by atoms with E-state index in [2.05, 4.69) is 0 Å². The molecule has 0 radical (unpaired) electrons. The van der Waals surface area contributed by atoms with Crippen LogP contribution in [0.1, 0.15) is 22.8 Å². The number of ether oxygens (including phenoxy) is 1. The van der Waals surface area contributed by atoms with Gasteiger partial charge in [-0.2, -0.15) is 0 Å². The third-order valence-corrected chi connectivity index (χ3v) is 2.49. The largest absolute Gasteiger partial charge is 0.494 e. The standard InChI is InChI=1S/C15H13FO2/c1-2-18-14-8-4-6-12(10-14)15(17)11-5-3-7-13(16)9-11/h3-10H,2H2,1H3. The fourth-order valence-corrected chi connectivity index (χ4v) is 1.69. The molecule has 92 valence electrons. The van der Waals surface area contributed by atoms with Crippen molar-refractivity contribution >= 4 is 5.78 Å². The summed E-state index contributed by atoms with van der Waals surface area (Å²) in [4.78, 5) is 12.1. The summed E-state index contributed by atoms with van der Waals surface area (Å²) in [5, 5.41) is 0. The molecule has 0 aliphatic heterocycles. The molecule has 2 rings (SSSR count). The smallest absolute Gasteiger partial charge is 0.193 e. The normalized spacial score (nSPS) is 10.1. The molecule has 0 saturated carbocycles. The summed E-state index contributed by atoms with van der Waals surface area (Å²) in [6.07, 6.45) is 0.